The lowest BCUT2D eigenvalue weighted by atomic mass is 10.1. The first kappa shape index (κ1) is 8.57. The molecule has 0 spiro atoms. The fourth-order valence-electron chi connectivity index (χ4n) is 1.46. The molecule has 0 unspecified atom stereocenters. The predicted octanol–water partition coefficient (Wildman–Crippen LogP) is 3.09. The average Bonchev–Trinajstić information content (AvgIpc) is 2.49. The van der Waals surface area contributed by atoms with Crippen molar-refractivity contribution in [2.75, 3.05) is 5.88 Å². The molecule has 0 aliphatic carbocycles. The molecule has 0 amide bonds. The Morgan fingerprint density at radius 1 is 1.38 bits per heavy atom. The monoisotopic (exact) mass is 197 g/mol. The number of nitrogens with one attached hydrogen (secondary N) is 1. The number of halogens is 2. The van der Waals surface area contributed by atoms with Gasteiger partial charge in [0, 0.05) is 23.0 Å². The number of hydrogen-bond donors (Lipinski definition) is 1. The van der Waals surface area contributed by atoms with Crippen LogP contribution in [0.2, 0.25) is 0 Å². The first-order valence-electron chi connectivity index (χ1n) is 4.13. The van der Waals surface area contributed by atoms with Crippen LogP contribution >= 0.6 is 11.6 Å². The van der Waals surface area contributed by atoms with Crippen LogP contribution in [0.3, 0.4) is 0 Å². The molecule has 0 bridgehead atoms. The van der Waals surface area contributed by atoms with E-state index in [1.807, 2.05) is 6.20 Å². The average molecular weight is 198 g/mol. The fourth-order valence-corrected chi connectivity index (χ4v) is 1.66. The molecule has 13 heavy (non-hydrogen) atoms. The van der Waals surface area contributed by atoms with Crippen LogP contribution in [-0.2, 0) is 6.42 Å². The third-order valence-corrected chi connectivity index (χ3v) is 2.28. The van der Waals surface area contributed by atoms with Crippen molar-refractivity contribution in [3.63, 3.8) is 0 Å². The Kier molecular flexibility index (Phi) is 2.23. The minimum Gasteiger partial charge on any atom is -0.361 e. The second-order valence-electron chi connectivity index (χ2n) is 2.94. The zero-order chi connectivity index (χ0) is 9.26. The molecule has 1 nitrogen and oxygen atoms in total. The standard InChI is InChI=1S/C10H9ClFN/c11-4-3-7-6-13-10-2-1-8(12)5-9(7)10/h1-2,5-6,13H,3-4H2. The van der Waals surface area contributed by atoms with Crippen LogP contribution in [0.1, 0.15) is 5.56 Å². The Morgan fingerprint density at radius 3 is 3.00 bits per heavy atom. The van der Waals surface area contributed by atoms with Crippen LogP contribution in [0.5, 0.6) is 0 Å². The van der Waals surface area contributed by atoms with Gasteiger partial charge in [-0.15, -0.1) is 11.6 Å². The third kappa shape index (κ3) is 1.54. The molecule has 0 fully saturated rings. The van der Waals surface area contributed by atoms with E-state index >= 15 is 0 Å². The number of aryl methyl sites for hydroxylation is 1. The quantitative estimate of drug-likeness (QED) is 0.713. The summed E-state index contributed by atoms with van der Waals surface area (Å²) >= 11 is 5.63. The minimum absolute atomic E-state index is 0.206. The van der Waals surface area contributed by atoms with Gasteiger partial charge in [-0.05, 0) is 30.2 Å². The summed E-state index contributed by atoms with van der Waals surface area (Å²) in [5.41, 5.74) is 2.03. The molecule has 0 aliphatic rings. The van der Waals surface area contributed by atoms with Crippen molar-refractivity contribution < 1.29 is 4.39 Å². The molecule has 68 valence electrons. The second-order valence-corrected chi connectivity index (χ2v) is 3.32. The first-order chi connectivity index (χ1) is 6.31. The first-order valence-corrected chi connectivity index (χ1v) is 4.66. The Morgan fingerprint density at radius 2 is 2.23 bits per heavy atom. The van der Waals surface area contributed by atoms with Gasteiger partial charge in [0.2, 0.25) is 0 Å². The maximum atomic E-state index is 12.9. The molecular formula is C10H9ClFN. The number of alkyl halides is 1. The number of rotatable bonds is 2. The van der Waals surface area contributed by atoms with E-state index in [1.54, 1.807) is 6.07 Å². The summed E-state index contributed by atoms with van der Waals surface area (Å²) in [5, 5.41) is 0.931. The van der Waals surface area contributed by atoms with Gasteiger partial charge in [-0.25, -0.2) is 4.39 Å². The molecule has 0 saturated heterocycles. The Bertz CT molecular complexity index is 422. The van der Waals surface area contributed by atoms with Gasteiger partial charge in [-0.3, -0.25) is 0 Å². The highest BCUT2D eigenvalue weighted by Crippen LogP contribution is 2.19. The van der Waals surface area contributed by atoms with Crippen molar-refractivity contribution in [3.8, 4) is 0 Å². The van der Waals surface area contributed by atoms with Crippen molar-refractivity contribution in [1.29, 1.82) is 0 Å². The van der Waals surface area contributed by atoms with E-state index in [9.17, 15) is 4.39 Å². The molecule has 1 aromatic heterocycles. The van der Waals surface area contributed by atoms with E-state index in [4.69, 9.17) is 11.6 Å². The highest BCUT2D eigenvalue weighted by atomic mass is 35.5. The van der Waals surface area contributed by atoms with Gasteiger partial charge in [0.15, 0.2) is 0 Å². The van der Waals surface area contributed by atoms with Gasteiger partial charge >= 0.3 is 0 Å². The summed E-state index contributed by atoms with van der Waals surface area (Å²) in [6.07, 6.45) is 2.65. The lowest BCUT2D eigenvalue weighted by molar-refractivity contribution is 0.629. The van der Waals surface area contributed by atoms with Gasteiger partial charge < -0.3 is 4.98 Å². The van der Waals surface area contributed by atoms with E-state index in [-0.39, 0.29) is 5.82 Å². The van der Waals surface area contributed by atoms with E-state index < -0.39 is 0 Å². The van der Waals surface area contributed by atoms with Crippen LogP contribution in [0.15, 0.2) is 24.4 Å². The molecule has 0 saturated carbocycles. The molecular weight excluding hydrogens is 189 g/mol. The molecule has 0 aliphatic heterocycles. The smallest absolute Gasteiger partial charge is 0.123 e. The molecule has 2 aromatic rings. The zero-order valence-electron chi connectivity index (χ0n) is 6.98. The summed E-state index contributed by atoms with van der Waals surface area (Å²) < 4.78 is 12.9. The molecule has 2 rings (SSSR count). The lowest BCUT2D eigenvalue weighted by Crippen LogP contribution is -1.83. The van der Waals surface area contributed by atoms with E-state index in [0.717, 1.165) is 22.9 Å². The Hall–Kier alpha value is -1.02. The van der Waals surface area contributed by atoms with Crippen molar-refractivity contribution in [3.05, 3.63) is 35.8 Å². The number of H-pyrrole nitrogens is 1. The highest BCUT2D eigenvalue weighted by Gasteiger charge is 2.03. The van der Waals surface area contributed by atoms with Crippen LogP contribution in [0.25, 0.3) is 10.9 Å². The summed E-state index contributed by atoms with van der Waals surface area (Å²) in [4.78, 5) is 3.07. The van der Waals surface area contributed by atoms with E-state index in [2.05, 4.69) is 4.98 Å². The van der Waals surface area contributed by atoms with Gasteiger partial charge in [0.1, 0.15) is 5.82 Å². The number of fused-ring (bicyclic) bond motifs is 1. The Balaban J connectivity index is 2.58. The van der Waals surface area contributed by atoms with E-state index in [1.165, 1.54) is 12.1 Å². The van der Waals surface area contributed by atoms with Gasteiger partial charge in [-0.2, -0.15) is 0 Å². The maximum Gasteiger partial charge on any atom is 0.123 e. The third-order valence-electron chi connectivity index (χ3n) is 2.09. The van der Waals surface area contributed by atoms with Crippen molar-refractivity contribution in [2.24, 2.45) is 0 Å². The maximum absolute atomic E-state index is 12.9. The topological polar surface area (TPSA) is 15.8 Å². The molecule has 0 radical (unpaired) electrons. The van der Waals surface area contributed by atoms with Crippen LogP contribution in [0.4, 0.5) is 4.39 Å². The summed E-state index contributed by atoms with van der Waals surface area (Å²) in [6, 6.07) is 4.72. The van der Waals surface area contributed by atoms with Gasteiger partial charge in [0.05, 0.1) is 0 Å². The predicted molar refractivity (Wildman–Crippen MR) is 52.7 cm³/mol. The zero-order valence-corrected chi connectivity index (χ0v) is 7.74. The normalized spacial score (nSPS) is 10.9. The van der Waals surface area contributed by atoms with Crippen LogP contribution in [-0.4, -0.2) is 10.9 Å². The number of hydrogen-bond acceptors (Lipinski definition) is 0. The number of aromatic amines is 1. The van der Waals surface area contributed by atoms with Crippen molar-refractivity contribution in [1.82, 2.24) is 4.98 Å². The van der Waals surface area contributed by atoms with Crippen molar-refractivity contribution in [2.45, 2.75) is 6.42 Å². The molecule has 0 atom stereocenters. The number of aromatic nitrogens is 1. The number of benzene rings is 1. The van der Waals surface area contributed by atoms with Gasteiger partial charge in [0.25, 0.3) is 0 Å². The molecule has 3 heteroatoms. The molecule has 1 N–H and O–H groups in total. The fraction of sp³-hybridized carbons (Fsp3) is 0.200. The summed E-state index contributed by atoms with van der Waals surface area (Å²) in [5.74, 6) is 0.353. The van der Waals surface area contributed by atoms with E-state index in [0.29, 0.717) is 5.88 Å². The summed E-state index contributed by atoms with van der Waals surface area (Å²) in [6.45, 7) is 0. The lowest BCUT2D eigenvalue weighted by Gasteiger charge is -1.94. The Labute approximate surface area is 80.5 Å². The van der Waals surface area contributed by atoms with Crippen LogP contribution in [0, 0.1) is 5.82 Å². The molecule has 1 heterocycles. The minimum atomic E-state index is -0.206. The SMILES string of the molecule is Fc1ccc2[nH]cc(CCCl)c2c1. The molecule has 1 aromatic carbocycles. The van der Waals surface area contributed by atoms with Crippen molar-refractivity contribution >= 4 is 22.5 Å². The van der Waals surface area contributed by atoms with Gasteiger partial charge in [-0.1, -0.05) is 0 Å². The van der Waals surface area contributed by atoms with Crippen LogP contribution < -0.4 is 0 Å². The second kappa shape index (κ2) is 3.38. The largest absolute Gasteiger partial charge is 0.361 e. The summed E-state index contributed by atoms with van der Waals surface area (Å²) in [7, 11) is 0. The highest BCUT2D eigenvalue weighted by molar-refractivity contribution is 6.18.